The molecule has 4 aliphatic carbocycles. The summed E-state index contributed by atoms with van der Waals surface area (Å²) in [7, 11) is 1.24. The maximum absolute atomic E-state index is 13.9. The second-order valence-electron chi connectivity index (χ2n) is 19.3. The van der Waals surface area contributed by atoms with E-state index in [0.29, 0.717) is 44.9 Å². The van der Waals surface area contributed by atoms with E-state index in [-0.39, 0.29) is 22.7 Å². The molecule has 10 N–H and O–H groups in total. The number of fused-ring (bicyclic) bond motifs is 3. The molecule has 0 aromatic heterocycles. The van der Waals surface area contributed by atoms with Gasteiger partial charge in [0.2, 0.25) is 0 Å². The highest BCUT2D eigenvalue weighted by Gasteiger charge is 2.69. The fraction of sp³-hybridized carbons (Fsp3) is 0.905. The van der Waals surface area contributed by atoms with Crippen molar-refractivity contribution >= 4 is 11.9 Å². The van der Waals surface area contributed by atoms with Crippen LogP contribution >= 0.6 is 0 Å². The summed E-state index contributed by atoms with van der Waals surface area (Å²) in [4.78, 5) is 26.1. The van der Waals surface area contributed by atoms with Crippen LogP contribution in [0.1, 0.15) is 78.6 Å². The molecule has 0 aromatic rings. The molecule has 0 radical (unpaired) electrons. The molecule has 1 unspecified atom stereocenters. The summed E-state index contributed by atoms with van der Waals surface area (Å²) in [5.74, 6) is -0.986. The van der Waals surface area contributed by atoms with Crippen molar-refractivity contribution in [2.45, 2.75) is 182 Å². The van der Waals surface area contributed by atoms with E-state index >= 15 is 0 Å². The quantitative estimate of drug-likeness (QED) is 0.0557. The van der Waals surface area contributed by atoms with E-state index in [0.717, 1.165) is 18.4 Å². The molecule has 22 atom stereocenters. The molecule has 0 amide bonds. The van der Waals surface area contributed by atoms with Crippen LogP contribution in [0, 0.1) is 28.1 Å². The summed E-state index contributed by atoms with van der Waals surface area (Å²) in [5, 5.41) is 106. The first-order chi connectivity index (χ1) is 29.2. The molecule has 7 fully saturated rings. The normalized spacial score (nSPS) is 50.9. The molecule has 20 heteroatoms. The molecule has 7 aliphatic rings. The van der Waals surface area contributed by atoms with Crippen LogP contribution in [0.4, 0.5) is 0 Å². The van der Waals surface area contributed by atoms with E-state index in [1.165, 1.54) is 14.0 Å². The van der Waals surface area contributed by atoms with Gasteiger partial charge in [-0.2, -0.15) is 0 Å². The number of methoxy groups -OCH3 is 1. The van der Waals surface area contributed by atoms with Crippen LogP contribution in [0.5, 0.6) is 0 Å². The summed E-state index contributed by atoms with van der Waals surface area (Å²) in [6, 6.07) is 0. The lowest BCUT2D eigenvalue weighted by Crippen LogP contribution is -2.68. The molecule has 3 heterocycles. The van der Waals surface area contributed by atoms with Crippen LogP contribution in [0.2, 0.25) is 0 Å². The topological polar surface area (TPSA) is 310 Å². The van der Waals surface area contributed by atoms with Gasteiger partial charge in [-0.3, -0.25) is 4.79 Å². The van der Waals surface area contributed by atoms with Gasteiger partial charge in [-0.05, 0) is 93.5 Å². The highest BCUT2D eigenvalue weighted by atomic mass is 16.8. The van der Waals surface area contributed by atoms with Crippen LogP contribution in [-0.2, 0) is 47.5 Å². The molecular weight excluding hydrogens is 824 g/mol. The Bertz CT molecular complexity index is 1630. The van der Waals surface area contributed by atoms with Gasteiger partial charge in [-0.25, -0.2) is 4.79 Å². The van der Waals surface area contributed by atoms with E-state index in [1.54, 1.807) is 0 Å². The summed E-state index contributed by atoms with van der Waals surface area (Å²) in [6.07, 6.45) is -20.9. The molecule has 7 rings (SSSR count). The van der Waals surface area contributed by atoms with Gasteiger partial charge >= 0.3 is 11.9 Å². The summed E-state index contributed by atoms with van der Waals surface area (Å²) in [6.45, 7) is 7.84. The molecular formula is C42H66O20. The summed E-state index contributed by atoms with van der Waals surface area (Å²) >= 11 is 0. The van der Waals surface area contributed by atoms with Gasteiger partial charge in [0, 0.05) is 0 Å². The fourth-order valence-corrected chi connectivity index (χ4v) is 12.6. The van der Waals surface area contributed by atoms with Gasteiger partial charge in [-0.15, -0.1) is 0 Å². The van der Waals surface area contributed by atoms with Crippen molar-refractivity contribution < 1.29 is 98.5 Å². The SMILES string of the molecule is C=C1C[C@@]23CC[C@H]4[C@@](C)(CCC[C@@]4(C)C(=O)OC(C)C(=O)OC)[C@@H]2CC[C@]1(O[C@@H]1O[C@H](CO)[C@@H](O)[C@H](O[C@@H]2O[C@H](CO)[C@@H](O)[C@H](O)[C@H]2O)[C@H]1O[C@@H]1O[C@H](CO)[C@@H](O)[C@H](O)[C@H]1O)C3. The Balaban J connectivity index is 1.19. The zero-order valence-electron chi connectivity index (χ0n) is 35.6. The molecule has 3 saturated heterocycles. The number of esters is 2. The van der Waals surface area contributed by atoms with Gasteiger partial charge in [0.15, 0.2) is 25.0 Å². The standard InChI is InChI=1S/C42H66O20/c1-18-13-41-11-7-23-39(3,9-6-10-40(23,4)38(54)56-19(2)34(53)55-5)24(41)8-12-42(18,17-41)62-37-33(61-36-31(52)29(50)26(47)21(15-44)58-36)32(27(48)22(16-45)59-37)60-35-30(51)28(49)25(46)20(14-43)57-35/h19-33,35-37,43-52H,1,6-17H2,2-5H3/t19?,20-,21-,22-,23+,24+,25-,26-,27-,28+,29+,30-,31-,32+,33-,35+,36+,37+,39-,40-,41-,42+/m1/s1. The van der Waals surface area contributed by atoms with E-state index in [9.17, 15) is 60.7 Å². The lowest BCUT2D eigenvalue weighted by atomic mass is 9.41. The third-order valence-electron chi connectivity index (χ3n) is 15.8. The summed E-state index contributed by atoms with van der Waals surface area (Å²) in [5.41, 5.74) is -1.81. The lowest BCUT2D eigenvalue weighted by molar-refractivity contribution is -0.400. The lowest BCUT2D eigenvalue weighted by Gasteiger charge is -2.64. The zero-order chi connectivity index (χ0) is 45.3. The number of carbonyl (C=O) groups is 2. The van der Waals surface area contributed by atoms with Crippen LogP contribution < -0.4 is 0 Å². The zero-order valence-corrected chi connectivity index (χ0v) is 35.6. The van der Waals surface area contributed by atoms with Crippen LogP contribution in [0.3, 0.4) is 0 Å². The molecule has 3 aliphatic heterocycles. The fourth-order valence-electron chi connectivity index (χ4n) is 12.6. The number of carbonyl (C=O) groups excluding carboxylic acids is 2. The second-order valence-corrected chi connectivity index (χ2v) is 19.3. The molecule has 1 spiro atoms. The van der Waals surface area contributed by atoms with Crippen molar-refractivity contribution in [1.82, 2.24) is 0 Å². The minimum absolute atomic E-state index is 0.0517. The van der Waals surface area contributed by atoms with E-state index in [2.05, 4.69) is 13.5 Å². The minimum Gasteiger partial charge on any atom is -0.466 e. The van der Waals surface area contributed by atoms with Crippen molar-refractivity contribution in [2.75, 3.05) is 26.9 Å². The molecule has 20 nitrogen and oxygen atoms in total. The van der Waals surface area contributed by atoms with E-state index in [4.69, 9.17) is 37.9 Å². The number of aliphatic hydroxyl groups excluding tert-OH is 10. The average molecular weight is 891 g/mol. The molecule has 0 aromatic carbocycles. The number of rotatable bonds is 12. The smallest absolute Gasteiger partial charge is 0.346 e. The van der Waals surface area contributed by atoms with Crippen molar-refractivity contribution in [3.63, 3.8) is 0 Å². The van der Waals surface area contributed by atoms with Crippen LogP contribution in [0.25, 0.3) is 0 Å². The summed E-state index contributed by atoms with van der Waals surface area (Å²) < 4.78 is 47.4. The Labute approximate surface area is 359 Å². The van der Waals surface area contributed by atoms with Crippen LogP contribution in [-0.4, -0.2) is 194 Å². The van der Waals surface area contributed by atoms with Gasteiger partial charge < -0.3 is 89.0 Å². The van der Waals surface area contributed by atoms with Crippen molar-refractivity contribution in [3.8, 4) is 0 Å². The minimum atomic E-state index is -1.93. The first-order valence-corrected chi connectivity index (χ1v) is 21.8. The molecule has 2 bridgehead atoms. The van der Waals surface area contributed by atoms with E-state index in [1.807, 2.05) is 6.92 Å². The second kappa shape index (κ2) is 18.0. The molecule has 354 valence electrons. The van der Waals surface area contributed by atoms with Crippen molar-refractivity contribution in [3.05, 3.63) is 12.2 Å². The average Bonchev–Trinajstić information content (AvgIpc) is 3.44. The Morgan fingerprint density at radius 1 is 0.710 bits per heavy atom. The van der Waals surface area contributed by atoms with Gasteiger partial charge in [0.1, 0.15) is 73.2 Å². The number of ether oxygens (including phenoxy) is 8. The molecule has 62 heavy (non-hydrogen) atoms. The van der Waals surface area contributed by atoms with Gasteiger partial charge in [0.05, 0.1) is 37.9 Å². The highest BCUT2D eigenvalue weighted by Crippen LogP contribution is 2.73. The maximum atomic E-state index is 13.9. The van der Waals surface area contributed by atoms with E-state index < -0.39 is 141 Å². The predicted octanol–water partition coefficient (Wildman–Crippen LogP) is -2.35. The highest BCUT2D eigenvalue weighted by molar-refractivity contribution is 5.82. The Morgan fingerprint density at radius 3 is 1.81 bits per heavy atom. The van der Waals surface area contributed by atoms with Crippen molar-refractivity contribution in [1.29, 1.82) is 0 Å². The predicted molar refractivity (Wildman–Crippen MR) is 207 cm³/mol. The third kappa shape index (κ3) is 7.96. The van der Waals surface area contributed by atoms with Gasteiger partial charge in [0.25, 0.3) is 0 Å². The Hall–Kier alpha value is -1.96. The monoisotopic (exact) mass is 890 g/mol. The third-order valence-corrected chi connectivity index (χ3v) is 15.8. The Kier molecular flexibility index (Phi) is 14.0. The first-order valence-electron chi connectivity index (χ1n) is 21.8. The first kappa shape index (κ1) is 48.0. The largest absolute Gasteiger partial charge is 0.466 e. The number of hydrogen-bond donors (Lipinski definition) is 10. The van der Waals surface area contributed by atoms with Crippen molar-refractivity contribution in [2.24, 2.45) is 28.1 Å². The number of hydrogen-bond acceptors (Lipinski definition) is 20. The maximum Gasteiger partial charge on any atom is 0.346 e. The van der Waals surface area contributed by atoms with Crippen LogP contribution in [0.15, 0.2) is 12.2 Å². The number of aliphatic hydroxyl groups is 10. The Morgan fingerprint density at radius 2 is 1.24 bits per heavy atom. The molecule has 4 saturated carbocycles. The van der Waals surface area contributed by atoms with Gasteiger partial charge in [-0.1, -0.05) is 19.9 Å².